The highest BCUT2D eigenvalue weighted by Gasteiger charge is 2.10. The van der Waals surface area contributed by atoms with Crippen molar-refractivity contribution in [1.82, 2.24) is 5.32 Å². The second kappa shape index (κ2) is 7.84. The molecule has 1 heterocycles. The normalized spacial score (nSPS) is 14.1. The van der Waals surface area contributed by atoms with Gasteiger partial charge in [0.1, 0.15) is 19.0 Å². The summed E-state index contributed by atoms with van der Waals surface area (Å²) in [6.45, 7) is 3.13. The Kier molecular flexibility index (Phi) is 5.79. The van der Waals surface area contributed by atoms with Crippen molar-refractivity contribution in [1.29, 1.82) is 0 Å². The van der Waals surface area contributed by atoms with Crippen LogP contribution >= 0.6 is 0 Å². The molecule has 1 aromatic rings. The van der Waals surface area contributed by atoms with Gasteiger partial charge >= 0.3 is 0 Å². The molecule has 2 N–H and O–H groups in total. The van der Waals surface area contributed by atoms with Gasteiger partial charge < -0.3 is 24.8 Å². The molecule has 1 aromatic carbocycles. The van der Waals surface area contributed by atoms with Gasteiger partial charge in [0.15, 0.2) is 0 Å². The first-order valence-corrected chi connectivity index (χ1v) is 6.62. The van der Waals surface area contributed by atoms with E-state index in [4.69, 9.17) is 14.2 Å². The molecule has 0 bridgehead atoms. The molecule has 0 saturated carbocycles. The van der Waals surface area contributed by atoms with E-state index >= 15 is 0 Å². The molecule has 0 fully saturated rings. The highest BCUT2D eigenvalue weighted by Crippen LogP contribution is 2.24. The van der Waals surface area contributed by atoms with Gasteiger partial charge in [0.25, 0.3) is 0 Å². The molecule has 0 aliphatic carbocycles. The first-order chi connectivity index (χ1) is 9.79. The Hall–Kier alpha value is -1.63. The van der Waals surface area contributed by atoms with Gasteiger partial charge in [-0.2, -0.15) is 0 Å². The summed E-state index contributed by atoms with van der Waals surface area (Å²) in [6, 6.07) is 5.63. The summed E-state index contributed by atoms with van der Waals surface area (Å²) in [6.07, 6.45) is 0. The zero-order chi connectivity index (χ0) is 14.2. The van der Waals surface area contributed by atoms with Crippen molar-refractivity contribution in [2.75, 3.05) is 45.4 Å². The van der Waals surface area contributed by atoms with Crippen LogP contribution in [0.4, 0.5) is 5.69 Å². The molecule has 0 atom stereocenters. The molecule has 0 spiro atoms. The number of hydrogen-bond acceptors (Lipinski definition) is 5. The summed E-state index contributed by atoms with van der Waals surface area (Å²) in [5.41, 5.74) is 1.79. The summed E-state index contributed by atoms with van der Waals surface area (Å²) >= 11 is 0. The maximum Gasteiger partial charge on any atom is 0.250 e. The van der Waals surface area contributed by atoms with Crippen molar-refractivity contribution in [2.45, 2.75) is 6.54 Å². The summed E-state index contributed by atoms with van der Waals surface area (Å²) in [5, 5.41) is 6.06. The van der Waals surface area contributed by atoms with Crippen LogP contribution in [-0.4, -0.2) is 46.0 Å². The summed E-state index contributed by atoms with van der Waals surface area (Å²) < 4.78 is 15.6. The Morgan fingerprint density at radius 2 is 2.35 bits per heavy atom. The Morgan fingerprint density at radius 3 is 3.20 bits per heavy atom. The topological polar surface area (TPSA) is 68.8 Å². The molecule has 1 aliphatic rings. The lowest BCUT2D eigenvalue weighted by molar-refractivity contribution is -0.121. The largest absolute Gasteiger partial charge is 0.492 e. The zero-order valence-electron chi connectivity index (χ0n) is 11.6. The number of nitrogens with one attached hydrogen (secondary N) is 2. The minimum Gasteiger partial charge on any atom is -0.492 e. The number of amides is 1. The number of carbonyl (C=O) groups is 1. The average Bonchev–Trinajstić information content (AvgIpc) is 2.68. The molecule has 2 rings (SSSR count). The number of carbonyl (C=O) groups excluding carboxylic acids is 1. The van der Waals surface area contributed by atoms with Gasteiger partial charge in [-0.15, -0.1) is 0 Å². The highest BCUT2D eigenvalue weighted by molar-refractivity contribution is 5.91. The standard InChI is InChI=1S/C14H20N2O4/c1-18-6-7-19-10-14(17)16-12-2-3-13-11(8-12)9-15-4-5-20-13/h2-3,8,15H,4-7,9-10H2,1H3,(H,16,17). The summed E-state index contributed by atoms with van der Waals surface area (Å²) in [5.74, 6) is 0.688. The number of fused-ring (bicyclic) bond motifs is 1. The number of benzene rings is 1. The molecule has 1 amide bonds. The monoisotopic (exact) mass is 280 g/mol. The SMILES string of the molecule is COCCOCC(=O)Nc1ccc2c(c1)CNCCO2. The number of anilines is 1. The molecule has 1 aliphatic heterocycles. The van der Waals surface area contributed by atoms with Gasteiger partial charge in [0, 0.05) is 31.5 Å². The lowest BCUT2D eigenvalue weighted by Crippen LogP contribution is -2.19. The fourth-order valence-corrected chi connectivity index (χ4v) is 1.90. The first-order valence-electron chi connectivity index (χ1n) is 6.62. The lowest BCUT2D eigenvalue weighted by Gasteiger charge is -2.10. The number of hydrogen-bond donors (Lipinski definition) is 2. The van der Waals surface area contributed by atoms with E-state index in [1.165, 1.54) is 0 Å². The van der Waals surface area contributed by atoms with Gasteiger partial charge in [-0.05, 0) is 18.2 Å². The molecular weight excluding hydrogens is 260 g/mol. The van der Waals surface area contributed by atoms with Crippen LogP contribution in [-0.2, 0) is 20.8 Å². The molecule has 6 nitrogen and oxygen atoms in total. The van der Waals surface area contributed by atoms with Crippen molar-refractivity contribution in [3.63, 3.8) is 0 Å². The van der Waals surface area contributed by atoms with Crippen LogP contribution in [0.2, 0.25) is 0 Å². The van der Waals surface area contributed by atoms with E-state index in [1.807, 2.05) is 18.2 Å². The van der Waals surface area contributed by atoms with E-state index in [1.54, 1.807) is 7.11 Å². The fraction of sp³-hybridized carbons (Fsp3) is 0.500. The molecule has 6 heteroatoms. The Balaban J connectivity index is 1.86. The molecule has 110 valence electrons. The van der Waals surface area contributed by atoms with Crippen LogP contribution in [0.1, 0.15) is 5.56 Å². The van der Waals surface area contributed by atoms with Crippen LogP contribution in [0.3, 0.4) is 0 Å². The van der Waals surface area contributed by atoms with Crippen molar-refractivity contribution >= 4 is 11.6 Å². The van der Waals surface area contributed by atoms with E-state index in [-0.39, 0.29) is 12.5 Å². The van der Waals surface area contributed by atoms with Crippen LogP contribution in [0.15, 0.2) is 18.2 Å². The molecular formula is C14H20N2O4. The van der Waals surface area contributed by atoms with E-state index in [9.17, 15) is 4.79 Å². The number of rotatable bonds is 6. The molecule has 20 heavy (non-hydrogen) atoms. The van der Waals surface area contributed by atoms with E-state index in [0.717, 1.165) is 30.1 Å². The lowest BCUT2D eigenvalue weighted by atomic mass is 10.1. The van der Waals surface area contributed by atoms with Crippen molar-refractivity contribution in [2.24, 2.45) is 0 Å². The predicted octanol–water partition coefficient (Wildman–Crippen LogP) is 0.770. The van der Waals surface area contributed by atoms with Crippen LogP contribution in [0, 0.1) is 0 Å². The summed E-state index contributed by atoms with van der Waals surface area (Å²) in [4.78, 5) is 11.7. The van der Waals surface area contributed by atoms with E-state index < -0.39 is 0 Å². The first kappa shape index (κ1) is 14.8. The van der Waals surface area contributed by atoms with Gasteiger partial charge in [-0.1, -0.05) is 0 Å². The van der Waals surface area contributed by atoms with E-state index in [2.05, 4.69) is 10.6 Å². The Morgan fingerprint density at radius 1 is 1.45 bits per heavy atom. The minimum atomic E-state index is -0.177. The van der Waals surface area contributed by atoms with Crippen LogP contribution in [0.25, 0.3) is 0 Å². The van der Waals surface area contributed by atoms with Crippen LogP contribution < -0.4 is 15.4 Å². The van der Waals surface area contributed by atoms with E-state index in [0.29, 0.717) is 19.8 Å². The molecule has 0 radical (unpaired) electrons. The smallest absolute Gasteiger partial charge is 0.250 e. The predicted molar refractivity (Wildman–Crippen MR) is 75.0 cm³/mol. The molecule has 0 saturated heterocycles. The quantitative estimate of drug-likeness (QED) is 0.753. The van der Waals surface area contributed by atoms with Gasteiger partial charge in [0.05, 0.1) is 13.2 Å². The van der Waals surface area contributed by atoms with Crippen LogP contribution in [0.5, 0.6) is 5.75 Å². The molecule has 0 aromatic heterocycles. The zero-order valence-corrected chi connectivity index (χ0v) is 11.6. The Bertz CT molecular complexity index is 451. The fourth-order valence-electron chi connectivity index (χ4n) is 1.90. The number of methoxy groups -OCH3 is 1. The second-order valence-corrected chi connectivity index (χ2v) is 4.44. The van der Waals surface area contributed by atoms with Gasteiger partial charge in [-0.25, -0.2) is 0 Å². The van der Waals surface area contributed by atoms with Crippen molar-refractivity contribution in [3.05, 3.63) is 23.8 Å². The van der Waals surface area contributed by atoms with Gasteiger partial charge in [-0.3, -0.25) is 4.79 Å². The third-order valence-corrected chi connectivity index (χ3v) is 2.86. The van der Waals surface area contributed by atoms with Gasteiger partial charge in [0.2, 0.25) is 5.91 Å². The highest BCUT2D eigenvalue weighted by atomic mass is 16.5. The molecule has 0 unspecified atom stereocenters. The second-order valence-electron chi connectivity index (χ2n) is 4.44. The maximum atomic E-state index is 11.7. The minimum absolute atomic E-state index is 0.0230. The maximum absolute atomic E-state index is 11.7. The number of ether oxygens (including phenoxy) is 3. The Labute approximate surface area is 118 Å². The van der Waals surface area contributed by atoms with Crippen molar-refractivity contribution < 1.29 is 19.0 Å². The third-order valence-electron chi connectivity index (χ3n) is 2.86. The van der Waals surface area contributed by atoms with Crippen molar-refractivity contribution in [3.8, 4) is 5.75 Å². The average molecular weight is 280 g/mol. The summed E-state index contributed by atoms with van der Waals surface area (Å²) in [7, 11) is 1.59. The third kappa shape index (κ3) is 4.48.